The molecule has 0 aromatic heterocycles. The van der Waals surface area contributed by atoms with Gasteiger partial charge in [-0.3, -0.25) is 0 Å². The molecule has 2 aromatic carbocycles. The van der Waals surface area contributed by atoms with E-state index in [9.17, 15) is 13.9 Å². The lowest BCUT2D eigenvalue weighted by molar-refractivity contribution is 0.205. The van der Waals surface area contributed by atoms with E-state index in [4.69, 9.17) is 0 Å². The first-order valence-electron chi connectivity index (χ1n) is 7.48. The maximum Gasteiger partial charge on any atom is 0.128 e. The Labute approximate surface area is 128 Å². The predicted molar refractivity (Wildman–Crippen MR) is 81.4 cm³/mol. The van der Waals surface area contributed by atoms with Crippen LogP contribution >= 0.6 is 0 Å². The largest absolute Gasteiger partial charge is 0.396 e. The van der Waals surface area contributed by atoms with Crippen molar-refractivity contribution in [2.45, 2.75) is 18.9 Å². The predicted octanol–water partition coefficient (Wildman–Crippen LogP) is 3.42. The molecular weight excluding hydrogens is 284 g/mol. The van der Waals surface area contributed by atoms with E-state index >= 15 is 0 Å². The Balaban J connectivity index is 1.92. The second-order valence-electron chi connectivity index (χ2n) is 6.02. The van der Waals surface area contributed by atoms with Gasteiger partial charge < -0.3 is 10.4 Å². The third-order valence-corrected chi connectivity index (χ3v) is 4.41. The molecule has 1 aliphatic rings. The molecule has 0 radical (unpaired) electrons. The molecule has 22 heavy (non-hydrogen) atoms. The molecule has 0 saturated heterocycles. The van der Waals surface area contributed by atoms with Gasteiger partial charge in [0.2, 0.25) is 0 Å². The molecule has 0 unspecified atom stereocenters. The first kappa shape index (κ1) is 15.1. The van der Waals surface area contributed by atoms with Gasteiger partial charge in [0.05, 0.1) is 6.04 Å². The minimum absolute atomic E-state index is 0.0985. The topological polar surface area (TPSA) is 32.3 Å². The van der Waals surface area contributed by atoms with Crippen molar-refractivity contribution in [3.63, 3.8) is 0 Å². The molecule has 0 bridgehead atoms. The minimum Gasteiger partial charge on any atom is -0.396 e. The summed E-state index contributed by atoms with van der Waals surface area (Å²) < 4.78 is 28.3. The monoisotopic (exact) mass is 303 g/mol. The lowest BCUT2D eigenvalue weighted by atomic mass is 9.96. The van der Waals surface area contributed by atoms with Crippen LogP contribution in [0.3, 0.4) is 0 Å². The number of halogens is 2. The highest BCUT2D eigenvalue weighted by Crippen LogP contribution is 2.45. The average Bonchev–Trinajstić information content (AvgIpc) is 3.31. The molecule has 2 nitrogen and oxygen atoms in total. The van der Waals surface area contributed by atoms with Crippen LogP contribution in [0.25, 0.3) is 0 Å². The van der Waals surface area contributed by atoms with Crippen LogP contribution < -0.4 is 5.32 Å². The molecule has 3 rings (SSSR count). The second kappa shape index (κ2) is 6.15. The van der Waals surface area contributed by atoms with Gasteiger partial charge in [-0.05, 0) is 25.0 Å². The molecule has 0 spiro atoms. The number of aliphatic hydroxyl groups is 1. The summed E-state index contributed by atoms with van der Waals surface area (Å²) in [5.41, 5.74) is 0.706. The maximum absolute atomic E-state index is 14.2. The van der Waals surface area contributed by atoms with Crippen molar-refractivity contribution in [3.8, 4) is 0 Å². The average molecular weight is 303 g/mol. The summed E-state index contributed by atoms with van der Waals surface area (Å²) in [6, 6.07) is 12.2. The molecule has 0 amide bonds. The Morgan fingerprint density at radius 2 is 1.45 bits per heavy atom. The number of benzene rings is 2. The van der Waals surface area contributed by atoms with Crippen molar-refractivity contribution in [2.75, 3.05) is 13.2 Å². The van der Waals surface area contributed by atoms with E-state index in [0.29, 0.717) is 17.7 Å². The summed E-state index contributed by atoms with van der Waals surface area (Å²) >= 11 is 0. The zero-order valence-corrected chi connectivity index (χ0v) is 12.2. The van der Waals surface area contributed by atoms with Crippen molar-refractivity contribution < 1.29 is 13.9 Å². The second-order valence-corrected chi connectivity index (χ2v) is 6.02. The number of rotatable bonds is 6. The molecule has 0 aliphatic heterocycles. The van der Waals surface area contributed by atoms with E-state index in [-0.39, 0.29) is 23.7 Å². The molecule has 1 aliphatic carbocycles. The Morgan fingerprint density at radius 1 is 0.955 bits per heavy atom. The van der Waals surface area contributed by atoms with Crippen LogP contribution in [0.4, 0.5) is 8.78 Å². The smallest absolute Gasteiger partial charge is 0.128 e. The Kier molecular flexibility index (Phi) is 4.23. The van der Waals surface area contributed by atoms with Crippen molar-refractivity contribution in [3.05, 3.63) is 71.3 Å². The Morgan fingerprint density at radius 3 is 1.86 bits per heavy atom. The molecule has 0 atom stereocenters. The summed E-state index contributed by atoms with van der Waals surface area (Å²) in [5.74, 6) is -0.728. The first-order chi connectivity index (χ1) is 10.7. The number of hydrogen-bond donors (Lipinski definition) is 2. The highest BCUT2D eigenvalue weighted by molar-refractivity contribution is 5.33. The Hall–Kier alpha value is -1.78. The molecular formula is C18H19F2NO. The summed E-state index contributed by atoms with van der Waals surface area (Å²) in [6.45, 7) is 0.637. The summed E-state index contributed by atoms with van der Waals surface area (Å²) in [4.78, 5) is 0. The van der Waals surface area contributed by atoms with E-state index in [2.05, 4.69) is 5.32 Å². The van der Waals surface area contributed by atoms with Gasteiger partial charge in [-0.15, -0.1) is 0 Å². The van der Waals surface area contributed by atoms with E-state index < -0.39 is 6.04 Å². The summed E-state index contributed by atoms with van der Waals surface area (Å²) in [7, 11) is 0. The van der Waals surface area contributed by atoms with Crippen LogP contribution in [-0.4, -0.2) is 18.3 Å². The van der Waals surface area contributed by atoms with Gasteiger partial charge >= 0.3 is 0 Å². The third kappa shape index (κ3) is 3.03. The standard InChI is InChI=1S/C18H19F2NO/c19-15-7-3-1-5-13(15)17(14-6-2-4-8-16(14)20)21-11-18(12-22)9-10-18/h1-8,17,21-22H,9-12H2. The van der Waals surface area contributed by atoms with Crippen molar-refractivity contribution >= 4 is 0 Å². The summed E-state index contributed by atoms with van der Waals surface area (Å²) in [5, 5.41) is 12.7. The van der Waals surface area contributed by atoms with Gasteiger partial charge in [0.1, 0.15) is 11.6 Å². The van der Waals surface area contributed by atoms with E-state index in [0.717, 1.165) is 12.8 Å². The number of aliphatic hydroxyl groups excluding tert-OH is 1. The first-order valence-corrected chi connectivity index (χ1v) is 7.48. The van der Waals surface area contributed by atoms with Crippen molar-refractivity contribution in [1.29, 1.82) is 0 Å². The van der Waals surface area contributed by atoms with Gasteiger partial charge in [-0.2, -0.15) is 0 Å². The number of hydrogen-bond acceptors (Lipinski definition) is 2. The molecule has 0 heterocycles. The highest BCUT2D eigenvalue weighted by atomic mass is 19.1. The van der Waals surface area contributed by atoms with E-state index in [1.807, 2.05) is 0 Å². The maximum atomic E-state index is 14.2. The highest BCUT2D eigenvalue weighted by Gasteiger charge is 2.42. The molecule has 116 valence electrons. The van der Waals surface area contributed by atoms with Gasteiger partial charge in [0, 0.05) is 29.7 Å². The van der Waals surface area contributed by atoms with Gasteiger partial charge in [0.25, 0.3) is 0 Å². The molecule has 2 aromatic rings. The van der Waals surface area contributed by atoms with Crippen LogP contribution in [0.1, 0.15) is 30.0 Å². The summed E-state index contributed by atoms with van der Waals surface area (Å²) in [6.07, 6.45) is 1.88. The van der Waals surface area contributed by atoms with Gasteiger partial charge in [-0.1, -0.05) is 36.4 Å². The SMILES string of the molecule is OCC1(CNC(c2ccccc2F)c2ccccc2F)CC1. The van der Waals surface area contributed by atoms with Gasteiger partial charge in [-0.25, -0.2) is 8.78 Å². The van der Waals surface area contributed by atoms with Crippen LogP contribution in [0.2, 0.25) is 0 Å². The van der Waals surface area contributed by atoms with Gasteiger partial charge in [0.15, 0.2) is 0 Å². The Bertz CT molecular complexity index is 610. The van der Waals surface area contributed by atoms with Crippen molar-refractivity contribution in [1.82, 2.24) is 5.32 Å². The fourth-order valence-corrected chi connectivity index (χ4v) is 2.69. The van der Waals surface area contributed by atoms with E-state index in [1.165, 1.54) is 12.1 Å². The molecule has 4 heteroatoms. The van der Waals surface area contributed by atoms with Crippen molar-refractivity contribution in [2.24, 2.45) is 5.41 Å². The van der Waals surface area contributed by atoms with Crippen LogP contribution in [0.5, 0.6) is 0 Å². The van der Waals surface area contributed by atoms with Crippen LogP contribution in [-0.2, 0) is 0 Å². The van der Waals surface area contributed by atoms with Crippen LogP contribution in [0, 0.1) is 17.0 Å². The zero-order valence-electron chi connectivity index (χ0n) is 12.2. The normalized spacial score (nSPS) is 16.0. The lowest BCUT2D eigenvalue weighted by Gasteiger charge is -2.23. The molecule has 1 fully saturated rings. The molecule has 2 N–H and O–H groups in total. The quantitative estimate of drug-likeness (QED) is 0.857. The van der Waals surface area contributed by atoms with Crippen LogP contribution in [0.15, 0.2) is 48.5 Å². The fourth-order valence-electron chi connectivity index (χ4n) is 2.69. The zero-order chi connectivity index (χ0) is 15.6. The van der Waals surface area contributed by atoms with E-state index in [1.54, 1.807) is 36.4 Å². The number of nitrogens with one attached hydrogen (secondary N) is 1. The lowest BCUT2D eigenvalue weighted by Crippen LogP contribution is -2.31. The molecule has 1 saturated carbocycles. The third-order valence-electron chi connectivity index (χ3n) is 4.41. The fraction of sp³-hybridized carbons (Fsp3) is 0.333. The minimum atomic E-state index is -0.563.